The molecule has 2 N–H and O–H groups in total. The van der Waals surface area contributed by atoms with Gasteiger partial charge < -0.3 is 19.9 Å². The predicted molar refractivity (Wildman–Crippen MR) is 93.0 cm³/mol. The van der Waals surface area contributed by atoms with Gasteiger partial charge in [-0.2, -0.15) is 0 Å². The average Bonchev–Trinajstić information content (AvgIpc) is 2.60. The summed E-state index contributed by atoms with van der Waals surface area (Å²) in [5, 5.41) is 11.8. The highest BCUT2D eigenvalue weighted by atomic mass is 35.5. The summed E-state index contributed by atoms with van der Waals surface area (Å²) in [6.07, 6.45) is -1.37. The van der Waals surface area contributed by atoms with E-state index >= 15 is 0 Å². The van der Waals surface area contributed by atoms with E-state index in [9.17, 15) is 14.0 Å². The van der Waals surface area contributed by atoms with Crippen LogP contribution in [0.15, 0.2) is 42.5 Å². The van der Waals surface area contributed by atoms with Crippen molar-refractivity contribution < 1.29 is 28.6 Å². The third-order valence-corrected chi connectivity index (χ3v) is 3.68. The number of halogens is 2. The van der Waals surface area contributed by atoms with E-state index in [1.165, 1.54) is 31.4 Å². The molecule has 0 fully saturated rings. The first-order chi connectivity index (χ1) is 12.4. The van der Waals surface area contributed by atoms with E-state index in [0.29, 0.717) is 11.1 Å². The Morgan fingerprint density at radius 1 is 1.23 bits per heavy atom. The molecule has 0 aliphatic rings. The fourth-order valence-electron chi connectivity index (χ4n) is 2.35. The molecule has 1 atom stereocenters. The van der Waals surface area contributed by atoms with E-state index in [1.807, 2.05) is 0 Å². The summed E-state index contributed by atoms with van der Waals surface area (Å²) in [5.74, 6) is -1.63. The quantitative estimate of drug-likeness (QED) is 0.715. The molecule has 1 unspecified atom stereocenters. The largest absolute Gasteiger partial charge is 0.478 e. The molecule has 0 bridgehead atoms. The van der Waals surface area contributed by atoms with Crippen LogP contribution in [0.2, 0.25) is 5.02 Å². The summed E-state index contributed by atoms with van der Waals surface area (Å²) in [7, 11) is 1.24. The van der Waals surface area contributed by atoms with Gasteiger partial charge in [-0.15, -0.1) is 0 Å². The molecule has 0 aliphatic carbocycles. The number of benzene rings is 2. The Labute approximate surface area is 154 Å². The first-order valence-electron chi connectivity index (χ1n) is 7.63. The van der Waals surface area contributed by atoms with Crippen LogP contribution in [-0.4, -0.2) is 37.4 Å². The fraction of sp³-hybridized carbons (Fsp3) is 0.222. The number of carboxylic acids is 1. The molecule has 2 rings (SSSR count). The molecule has 26 heavy (non-hydrogen) atoms. The highest BCUT2D eigenvalue weighted by Crippen LogP contribution is 2.29. The lowest BCUT2D eigenvalue weighted by Gasteiger charge is -2.20. The number of carbonyl (C=O) groups is 2. The van der Waals surface area contributed by atoms with E-state index in [1.54, 1.807) is 12.1 Å². The number of carbonyl (C=O) groups excluding carboxylic acids is 1. The van der Waals surface area contributed by atoms with Crippen molar-refractivity contribution in [2.45, 2.75) is 6.10 Å². The van der Waals surface area contributed by atoms with Gasteiger partial charge in [0.25, 0.3) is 0 Å². The zero-order valence-electron chi connectivity index (χ0n) is 13.9. The monoisotopic (exact) mass is 381 g/mol. The van der Waals surface area contributed by atoms with Crippen LogP contribution < -0.4 is 5.32 Å². The SMILES string of the molecule is COC(=O)NCCOC(c1cc(F)cc(Cl)c1)c1cccc(C(=O)O)c1. The number of rotatable bonds is 7. The molecular weight excluding hydrogens is 365 g/mol. The van der Waals surface area contributed by atoms with E-state index < -0.39 is 24.0 Å². The Hall–Kier alpha value is -2.64. The van der Waals surface area contributed by atoms with Gasteiger partial charge in [0.2, 0.25) is 0 Å². The Morgan fingerprint density at radius 2 is 2.00 bits per heavy atom. The maximum Gasteiger partial charge on any atom is 0.406 e. The van der Waals surface area contributed by atoms with Crippen LogP contribution in [0.5, 0.6) is 0 Å². The van der Waals surface area contributed by atoms with Crippen LogP contribution in [0.3, 0.4) is 0 Å². The van der Waals surface area contributed by atoms with Gasteiger partial charge in [-0.05, 0) is 41.5 Å². The minimum atomic E-state index is -1.09. The number of nitrogens with one attached hydrogen (secondary N) is 1. The van der Waals surface area contributed by atoms with Crippen LogP contribution in [0.1, 0.15) is 27.6 Å². The second kappa shape index (κ2) is 9.17. The molecular formula is C18H17ClFNO5. The van der Waals surface area contributed by atoms with E-state index in [2.05, 4.69) is 10.1 Å². The maximum absolute atomic E-state index is 13.7. The summed E-state index contributed by atoms with van der Waals surface area (Å²) in [4.78, 5) is 22.3. The zero-order valence-corrected chi connectivity index (χ0v) is 14.6. The molecule has 0 spiro atoms. The molecule has 0 aliphatic heterocycles. The number of hydrogen-bond donors (Lipinski definition) is 2. The standard InChI is InChI=1S/C18H17ClFNO5/c1-25-18(24)21-5-6-26-16(13-8-14(19)10-15(20)9-13)11-3-2-4-12(7-11)17(22)23/h2-4,7-10,16H,5-6H2,1H3,(H,21,24)(H,22,23). The van der Waals surface area contributed by atoms with Gasteiger partial charge in [0, 0.05) is 11.6 Å². The topological polar surface area (TPSA) is 84.9 Å². The molecule has 0 saturated carbocycles. The molecule has 0 heterocycles. The molecule has 2 aromatic carbocycles. The number of methoxy groups -OCH3 is 1. The second-order valence-corrected chi connectivity index (χ2v) is 5.74. The zero-order chi connectivity index (χ0) is 19.1. The van der Waals surface area contributed by atoms with Crippen LogP contribution in [0.25, 0.3) is 0 Å². The molecule has 0 saturated heterocycles. The normalized spacial score (nSPS) is 11.7. The molecule has 0 radical (unpaired) electrons. The van der Waals surface area contributed by atoms with Gasteiger partial charge in [0.1, 0.15) is 11.9 Å². The van der Waals surface area contributed by atoms with Crippen molar-refractivity contribution in [3.05, 3.63) is 70.0 Å². The van der Waals surface area contributed by atoms with E-state index in [0.717, 1.165) is 6.07 Å². The number of carboxylic acid groups (broad SMARTS) is 1. The number of aromatic carboxylic acids is 1. The number of ether oxygens (including phenoxy) is 2. The number of hydrogen-bond acceptors (Lipinski definition) is 4. The van der Waals surface area contributed by atoms with Gasteiger partial charge in [0.05, 0.1) is 19.3 Å². The smallest absolute Gasteiger partial charge is 0.406 e. The van der Waals surface area contributed by atoms with Crippen molar-refractivity contribution >= 4 is 23.7 Å². The molecule has 138 valence electrons. The summed E-state index contributed by atoms with van der Waals surface area (Å²) >= 11 is 5.92. The summed E-state index contributed by atoms with van der Waals surface area (Å²) < 4.78 is 24.0. The molecule has 1 amide bonds. The van der Waals surface area contributed by atoms with Gasteiger partial charge in [0.15, 0.2) is 0 Å². The second-order valence-electron chi connectivity index (χ2n) is 5.30. The van der Waals surface area contributed by atoms with Gasteiger partial charge in [-0.25, -0.2) is 14.0 Å². The van der Waals surface area contributed by atoms with Crippen LogP contribution in [0.4, 0.5) is 9.18 Å². The first-order valence-corrected chi connectivity index (χ1v) is 8.01. The lowest BCUT2D eigenvalue weighted by atomic mass is 9.99. The van der Waals surface area contributed by atoms with Crippen molar-refractivity contribution in [1.82, 2.24) is 5.32 Å². The molecule has 8 heteroatoms. The number of amides is 1. The first kappa shape index (κ1) is 19.7. The van der Waals surface area contributed by atoms with Crippen LogP contribution >= 0.6 is 11.6 Å². The Balaban J connectivity index is 2.27. The highest BCUT2D eigenvalue weighted by molar-refractivity contribution is 6.30. The van der Waals surface area contributed by atoms with Crippen molar-refractivity contribution in [2.75, 3.05) is 20.3 Å². The fourth-order valence-corrected chi connectivity index (χ4v) is 2.58. The molecule has 2 aromatic rings. The third-order valence-electron chi connectivity index (χ3n) is 3.47. The van der Waals surface area contributed by atoms with Gasteiger partial charge in [-0.1, -0.05) is 23.7 Å². The van der Waals surface area contributed by atoms with Crippen molar-refractivity contribution in [2.24, 2.45) is 0 Å². The number of alkyl carbamates (subject to hydrolysis) is 1. The lowest BCUT2D eigenvalue weighted by molar-refractivity contribution is 0.0693. The minimum Gasteiger partial charge on any atom is -0.478 e. The Kier molecular flexibility index (Phi) is 6.94. The Morgan fingerprint density at radius 3 is 2.65 bits per heavy atom. The Bertz CT molecular complexity index is 779. The van der Waals surface area contributed by atoms with Crippen molar-refractivity contribution in [3.8, 4) is 0 Å². The molecule has 6 nitrogen and oxygen atoms in total. The average molecular weight is 382 g/mol. The van der Waals surface area contributed by atoms with E-state index in [4.69, 9.17) is 21.4 Å². The molecule has 0 aromatic heterocycles. The lowest BCUT2D eigenvalue weighted by Crippen LogP contribution is -2.27. The van der Waals surface area contributed by atoms with Gasteiger partial charge in [-0.3, -0.25) is 0 Å². The van der Waals surface area contributed by atoms with Crippen LogP contribution in [0, 0.1) is 5.82 Å². The van der Waals surface area contributed by atoms with E-state index in [-0.39, 0.29) is 23.7 Å². The third kappa shape index (κ3) is 5.44. The summed E-state index contributed by atoms with van der Waals surface area (Å²) in [6.45, 7) is 0.246. The van der Waals surface area contributed by atoms with Gasteiger partial charge >= 0.3 is 12.1 Å². The predicted octanol–water partition coefficient (Wildman–Crippen LogP) is 3.64. The summed E-state index contributed by atoms with van der Waals surface area (Å²) in [6, 6.07) is 10.1. The van der Waals surface area contributed by atoms with Crippen molar-refractivity contribution in [3.63, 3.8) is 0 Å². The summed E-state index contributed by atoms with van der Waals surface area (Å²) in [5.41, 5.74) is 1.02. The maximum atomic E-state index is 13.7. The highest BCUT2D eigenvalue weighted by Gasteiger charge is 2.18. The minimum absolute atomic E-state index is 0.0753. The van der Waals surface area contributed by atoms with Crippen molar-refractivity contribution in [1.29, 1.82) is 0 Å². The van der Waals surface area contributed by atoms with Crippen LogP contribution in [-0.2, 0) is 9.47 Å².